The second-order valence-corrected chi connectivity index (χ2v) is 3.70. The van der Waals surface area contributed by atoms with Gasteiger partial charge in [-0.25, -0.2) is 0 Å². The van der Waals surface area contributed by atoms with E-state index in [0.717, 1.165) is 25.7 Å². The molecule has 1 saturated carbocycles. The maximum Gasteiger partial charge on any atom is 0.323 e. The summed E-state index contributed by atoms with van der Waals surface area (Å²) in [4.78, 5) is 10.9. The van der Waals surface area contributed by atoms with Gasteiger partial charge >= 0.3 is 5.97 Å². The van der Waals surface area contributed by atoms with Crippen LogP contribution in [0.2, 0.25) is 0 Å². The molecule has 0 saturated heterocycles. The van der Waals surface area contributed by atoms with Crippen molar-refractivity contribution in [1.29, 1.82) is 0 Å². The average molecular weight is 171 g/mol. The Bertz CT molecular complexity index is 181. The Balaban J connectivity index is 2.75. The number of hydrogen-bond acceptors (Lipinski definition) is 2. The zero-order valence-electron chi connectivity index (χ0n) is 7.55. The summed E-state index contributed by atoms with van der Waals surface area (Å²) in [5.41, 5.74) is 4.92. The summed E-state index contributed by atoms with van der Waals surface area (Å²) in [6, 6.07) is 0. The van der Waals surface area contributed by atoms with Gasteiger partial charge in [-0.05, 0) is 18.8 Å². The van der Waals surface area contributed by atoms with Crippen molar-refractivity contribution in [2.75, 3.05) is 0 Å². The minimum absolute atomic E-state index is 0.170. The lowest BCUT2D eigenvalue weighted by atomic mass is 9.72. The fourth-order valence-corrected chi connectivity index (χ4v) is 2.12. The van der Waals surface area contributed by atoms with Gasteiger partial charge in [0.05, 0.1) is 0 Å². The second-order valence-electron chi connectivity index (χ2n) is 3.70. The maximum absolute atomic E-state index is 10.9. The van der Waals surface area contributed by atoms with Gasteiger partial charge in [0.15, 0.2) is 0 Å². The van der Waals surface area contributed by atoms with E-state index in [2.05, 4.69) is 0 Å². The Morgan fingerprint density at radius 3 is 2.75 bits per heavy atom. The normalized spacial score (nSPS) is 36.3. The first kappa shape index (κ1) is 9.52. The van der Waals surface area contributed by atoms with Gasteiger partial charge in [0.25, 0.3) is 0 Å². The highest BCUT2D eigenvalue weighted by Crippen LogP contribution is 2.34. The van der Waals surface area contributed by atoms with Crippen LogP contribution in [0.4, 0.5) is 0 Å². The van der Waals surface area contributed by atoms with Gasteiger partial charge in [-0.3, -0.25) is 4.79 Å². The number of aliphatic carboxylic acids is 1. The van der Waals surface area contributed by atoms with Crippen molar-refractivity contribution in [2.24, 2.45) is 11.7 Å². The third-order valence-corrected chi connectivity index (χ3v) is 3.01. The predicted octanol–water partition coefficient (Wildman–Crippen LogP) is 1.37. The van der Waals surface area contributed by atoms with E-state index in [1.165, 1.54) is 0 Å². The number of carboxylic acids is 1. The van der Waals surface area contributed by atoms with Crippen LogP contribution in [0.15, 0.2) is 0 Å². The number of hydrogen-bond donors (Lipinski definition) is 2. The number of carboxylic acid groups (broad SMARTS) is 1. The summed E-state index contributed by atoms with van der Waals surface area (Å²) in [5, 5.41) is 8.97. The Morgan fingerprint density at radius 1 is 1.67 bits per heavy atom. The van der Waals surface area contributed by atoms with Crippen molar-refractivity contribution < 1.29 is 9.90 Å². The molecule has 1 fully saturated rings. The Kier molecular flexibility index (Phi) is 2.73. The van der Waals surface area contributed by atoms with Crippen LogP contribution >= 0.6 is 0 Å². The van der Waals surface area contributed by atoms with Crippen LogP contribution in [-0.4, -0.2) is 16.6 Å². The summed E-state index contributed by atoms with van der Waals surface area (Å²) in [5.74, 6) is -0.655. The minimum Gasteiger partial charge on any atom is -0.480 e. The Morgan fingerprint density at radius 2 is 2.33 bits per heavy atom. The monoisotopic (exact) mass is 171 g/mol. The largest absolute Gasteiger partial charge is 0.480 e. The molecule has 3 heteroatoms. The lowest BCUT2D eigenvalue weighted by Crippen LogP contribution is -2.55. The number of carbonyl (C=O) groups is 1. The van der Waals surface area contributed by atoms with Gasteiger partial charge in [-0.2, -0.15) is 0 Å². The lowest BCUT2D eigenvalue weighted by Gasteiger charge is -2.37. The fourth-order valence-electron chi connectivity index (χ4n) is 2.12. The summed E-state index contributed by atoms with van der Waals surface area (Å²) >= 11 is 0. The zero-order valence-corrected chi connectivity index (χ0v) is 7.55. The minimum atomic E-state index is -0.938. The molecule has 1 rings (SSSR count). The third kappa shape index (κ3) is 1.46. The highest BCUT2D eigenvalue weighted by Gasteiger charge is 2.42. The molecule has 0 radical (unpaired) electrons. The fraction of sp³-hybridized carbons (Fsp3) is 0.889. The van der Waals surface area contributed by atoms with Gasteiger partial charge < -0.3 is 10.8 Å². The first-order valence-electron chi connectivity index (χ1n) is 4.63. The molecule has 2 atom stereocenters. The molecule has 0 aromatic carbocycles. The molecule has 12 heavy (non-hydrogen) atoms. The summed E-state index contributed by atoms with van der Waals surface area (Å²) in [6.45, 7) is 2.01. The van der Waals surface area contributed by atoms with E-state index in [1.807, 2.05) is 6.92 Å². The van der Waals surface area contributed by atoms with E-state index < -0.39 is 11.5 Å². The van der Waals surface area contributed by atoms with Crippen LogP contribution in [0.25, 0.3) is 0 Å². The van der Waals surface area contributed by atoms with E-state index in [9.17, 15) is 4.79 Å². The topological polar surface area (TPSA) is 63.3 Å². The summed E-state index contributed by atoms with van der Waals surface area (Å²) in [6.07, 6.45) is 4.58. The highest BCUT2D eigenvalue weighted by atomic mass is 16.4. The molecule has 70 valence electrons. The highest BCUT2D eigenvalue weighted by molar-refractivity contribution is 5.79. The lowest BCUT2D eigenvalue weighted by molar-refractivity contribution is -0.147. The van der Waals surface area contributed by atoms with E-state index >= 15 is 0 Å². The molecule has 0 aliphatic heterocycles. The van der Waals surface area contributed by atoms with Crippen LogP contribution < -0.4 is 5.73 Å². The molecule has 1 aliphatic rings. The number of nitrogens with two attached hydrogens (primary N) is 1. The van der Waals surface area contributed by atoms with Crippen molar-refractivity contribution in [3.63, 3.8) is 0 Å². The van der Waals surface area contributed by atoms with Crippen molar-refractivity contribution >= 4 is 5.97 Å². The van der Waals surface area contributed by atoms with Crippen LogP contribution in [0.1, 0.15) is 39.0 Å². The van der Waals surface area contributed by atoms with Crippen molar-refractivity contribution in [2.45, 2.75) is 44.6 Å². The standard InChI is InChI=1S/C9H17NO2/c1-2-7-5-3-4-6-9(7,10)8(11)12/h7H,2-6,10H2,1H3,(H,11,12)/t7-,9-/m0/s1. The van der Waals surface area contributed by atoms with Crippen molar-refractivity contribution in [3.05, 3.63) is 0 Å². The molecule has 0 unspecified atom stereocenters. The second kappa shape index (κ2) is 3.44. The molecule has 0 aromatic rings. The summed E-state index contributed by atoms with van der Waals surface area (Å²) < 4.78 is 0. The number of rotatable bonds is 2. The van der Waals surface area contributed by atoms with Gasteiger partial charge in [0.2, 0.25) is 0 Å². The van der Waals surface area contributed by atoms with Gasteiger partial charge in [-0.15, -0.1) is 0 Å². The van der Waals surface area contributed by atoms with Crippen LogP contribution in [0, 0.1) is 5.92 Å². The average Bonchev–Trinajstić information content (AvgIpc) is 2.05. The first-order chi connectivity index (χ1) is 5.61. The van der Waals surface area contributed by atoms with Crippen molar-refractivity contribution in [3.8, 4) is 0 Å². The smallest absolute Gasteiger partial charge is 0.323 e. The third-order valence-electron chi connectivity index (χ3n) is 3.01. The van der Waals surface area contributed by atoms with E-state index in [4.69, 9.17) is 10.8 Å². The molecule has 0 aromatic heterocycles. The van der Waals surface area contributed by atoms with Gasteiger partial charge in [-0.1, -0.05) is 26.2 Å². The molecule has 0 bridgehead atoms. The van der Waals surface area contributed by atoms with E-state index in [1.54, 1.807) is 0 Å². The van der Waals surface area contributed by atoms with Crippen molar-refractivity contribution in [1.82, 2.24) is 0 Å². The molecular weight excluding hydrogens is 154 g/mol. The molecule has 0 spiro atoms. The van der Waals surface area contributed by atoms with E-state index in [-0.39, 0.29) is 5.92 Å². The molecule has 0 heterocycles. The molecule has 0 amide bonds. The molecule has 3 N–H and O–H groups in total. The van der Waals surface area contributed by atoms with E-state index in [0.29, 0.717) is 6.42 Å². The first-order valence-corrected chi connectivity index (χ1v) is 4.63. The van der Waals surface area contributed by atoms with Gasteiger partial charge in [0.1, 0.15) is 5.54 Å². The molecular formula is C9H17NO2. The maximum atomic E-state index is 10.9. The predicted molar refractivity (Wildman–Crippen MR) is 46.8 cm³/mol. The Hall–Kier alpha value is -0.570. The Labute approximate surface area is 72.9 Å². The van der Waals surface area contributed by atoms with Crippen LogP contribution in [-0.2, 0) is 4.79 Å². The summed E-state index contributed by atoms with van der Waals surface area (Å²) in [7, 11) is 0. The molecule has 1 aliphatic carbocycles. The van der Waals surface area contributed by atoms with Crippen LogP contribution in [0.3, 0.4) is 0 Å². The SMILES string of the molecule is CC[C@H]1CCCC[C@@]1(N)C(=O)O. The van der Waals surface area contributed by atoms with Crippen LogP contribution in [0.5, 0.6) is 0 Å². The molecule has 3 nitrogen and oxygen atoms in total. The zero-order chi connectivity index (χ0) is 9.19. The van der Waals surface area contributed by atoms with Gasteiger partial charge in [0, 0.05) is 0 Å². The quantitative estimate of drug-likeness (QED) is 0.659.